The van der Waals surface area contributed by atoms with E-state index in [4.69, 9.17) is 11.2 Å². The largest absolute Gasteiger partial charge is 0.444 e. The van der Waals surface area contributed by atoms with E-state index in [1.165, 1.54) is 11.0 Å². The summed E-state index contributed by atoms with van der Waals surface area (Å²) in [5, 5.41) is 7.87. The molecule has 4 amide bonds. The number of amides is 4. The summed E-state index contributed by atoms with van der Waals surface area (Å²) >= 11 is 0. The first-order valence-corrected chi connectivity index (χ1v) is 13.6. The second-order valence-electron chi connectivity index (χ2n) is 12.4. The number of terminal acetylenes is 1. The molecule has 1 aliphatic carbocycles. The Balaban J connectivity index is 2.32. The third kappa shape index (κ3) is 8.57. The fourth-order valence-corrected chi connectivity index (χ4v) is 5.27. The SMILES string of the molecule is C#CCCC(NC(=O)[C@@H]1[C@H]2CCC[C@H]2CN1C(=O)[C@@H](NC(=O)OC(C)(C)C)C(C)(C)C)C(=O)C(=O)NCC=C. The van der Waals surface area contributed by atoms with Crippen LogP contribution in [-0.4, -0.2) is 71.3 Å². The first-order chi connectivity index (χ1) is 18.1. The highest BCUT2D eigenvalue weighted by atomic mass is 16.6. The molecule has 5 atom stereocenters. The topological polar surface area (TPSA) is 134 Å². The molecule has 10 heteroatoms. The molecular weight excluding hydrogens is 500 g/mol. The number of rotatable bonds is 10. The highest BCUT2D eigenvalue weighted by molar-refractivity contribution is 6.38. The number of Topliss-reactive ketones (excluding diaryl/α,β-unsaturated/α-hetero) is 1. The third-order valence-electron chi connectivity index (χ3n) is 7.06. The van der Waals surface area contributed by atoms with Crippen molar-refractivity contribution >= 4 is 29.6 Å². The quantitative estimate of drug-likeness (QED) is 0.220. The lowest BCUT2D eigenvalue weighted by Gasteiger charge is -2.36. The lowest BCUT2D eigenvalue weighted by atomic mass is 9.85. The molecule has 1 aliphatic heterocycles. The van der Waals surface area contributed by atoms with Crippen LogP contribution in [0.1, 0.15) is 73.6 Å². The van der Waals surface area contributed by atoms with Gasteiger partial charge in [0, 0.05) is 19.5 Å². The molecule has 0 radical (unpaired) electrons. The van der Waals surface area contributed by atoms with Gasteiger partial charge in [-0.15, -0.1) is 18.9 Å². The van der Waals surface area contributed by atoms with Crippen LogP contribution in [0.4, 0.5) is 4.79 Å². The minimum absolute atomic E-state index is 0.0855. The van der Waals surface area contributed by atoms with E-state index in [9.17, 15) is 24.0 Å². The first-order valence-electron chi connectivity index (χ1n) is 13.6. The van der Waals surface area contributed by atoms with Crippen LogP contribution in [-0.2, 0) is 23.9 Å². The van der Waals surface area contributed by atoms with Gasteiger partial charge in [-0.1, -0.05) is 33.3 Å². The van der Waals surface area contributed by atoms with Crippen molar-refractivity contribution in [2.75, 3.05) is 13.1 Å². The van der Waals surface area contributed by atoms with Gasteiger partial charge in [0.1, 0.15) is 17.7 Å². The van der Waals surface area contributed by atoms with E-state index in [2.05, 4.69) is 28.4 Å². The Morgan fingerprint density at radius 3 is 2.33 bits per heavy atom. The monoisotopic (exact) mass is 544 g/mol. The molecule has 1 saturated heterocycles. The number of hydrogen-bond donors (Lipinski definition) is 3. The van der Waals surface area contributed by atoms with E-state index in [1.54, 1.807) is 20.8 Å². The Hall–Kier alpha value is -3.35. The van der Waals surface area contributed by atoms with Crippen LogP contribution in [0.5, 0.6) is 0 Å². The molecule has 39 heavy (non-hydrogen) atoms. The van der Waals surface area contributed by atoms with Gasteiger partial charge in [0.05, 0.1) is 6.04 Å². The summed E-state index contributed by atoms with van der Waals surface area (Å²) in [6.07, 6.45) is 8.94. The molecular formula is C29H44N4O6. The van der Waals surface area contributed by atoms with Gasteiger partial charge in [-0.25, -0.2) is 4.79 Å². The summed E-state index contributed by atoms with van der Waals surface area (Å²) < 4.78 is 5.39. The van der Waals surface area contributed by atoms with Crippen molar-refractivity contribution < 1.29 is 28.7 Å². The van der Waals surface area contributed by atoms with Gasteiger partial charge < -0.3 is 25.6 Å². The van der Waals surface area contributed by atoms with Gasteiger partial charge >= 0.3 is 6.09 Å². The Labute approximate surface area is 232 Å². The average Bonchev–Trinajstić information content (AvgIpc) is 3.42. The maximum atomic E-state index is 14.0. The van der Waals surface area contributed by atoms with Gasteiger partial charge in [0.25, 0.3) is 5.91 Å². The number of carbonyl (C=O) groups is 5. The van der Waals surface area contributed by atoms with Crippen LogP contribution < -0.4 is 16.0 Å². The highest BCUT2D eigenvalue weighted by Gasteiger charge is 2.52. The summed E-state index contributed by atoms with van der Waals surface area (Å²) in [6, 6.07) is -2.92. The molecule has 0 aromatic heterocycles. The summed E-state index contributed by atoms with van der Waals surface area (Å²) in [5.41, 5.74) is -1.43. The molecule has 0 spiro atoms. The standard InChI is InChI=1S/C29H44N4O6/c1-9-11-15-20(22(34)25(36)30-16-10-2)31-24(35)21-19-14-12-13-18(19)17-33(21)26(37)23(28(3,4)5)32-27(38)39-29(6,7)8/h1,10,18-21,23H,2,11-17H2,3-8H3,(H,30,36)(H,31,35)(H,32,38)/t18-,19-,20?,21-,23+/m0/s1. The van der Waals surface area contributed by atoms with Crippen LogP contribution >= 0.6 is 0 Å². The maximum absolute atomic E-state index is 14.0. The van der Waals surface area contributed by atoms with E-state index in [0.717, 1.165) is 19.3 Å². The fraction of sp³-hybridized carbons (Fsp3) is 0.690. The molecule has 2 fully saturated rings. The molecule has 2 rings (SSSR count). The van der Waals surface area contributed by atoms with Crippen molar-refractivity contribution in [3.8, 4) is 12.3 Å². The van der Waals surface area contributed by atoms with Crippen molar-refractivity contribution in [3.63, 3.8) is 0 Å². The van der Waals surface area contributed by atoms with Crippen molar-refractivity contribution in [2.24, 2.45) is 17.3 Å². The molecule has 0 aromatic carbocycles. The van der Waals surface area contributed by atoms with Gasteiger partial charge in [-0.3, -0.25) is 19.2 Å². The van der Waals surface area contributed by atoms with Gasteiger partial charge in [0.2, 0.25) is 17.6 Å². The van der Waals surface area contributed by atoms with Crippen molar-refractivity contribution in [3.05, 3.63) is 12.7 Å². The van der Waals surface area contributed by atoms with E-state index < -0.39 is 58.7 Å². The number of nitrogens with one attached hydrogen (secondary N) is 3. The number of nitrogens with zero attached hydrogens (tertiary/aromatic N) is 1. The number of ketones is 1. The molecule has 1 unspecified atom stereocenters. The van der Waals surface area contributed by atoms with E-state index in [0.29, 0.717) is 6.54 Å². The molecule has 2 aliphatic rings. The van der Waals surface area contributed by atoms with Gasteiger partial charge in [-0.2, -0.15) is 0 Å². The lowest BCUT2D eigenvalue weighted by Crippen LogP contribution is -2.60. The minimum Gasteiger partial charge on any atom is -0.444 e. The molecule has 216 valence electrons. The number of likely N-dealkylation sites (tertiary alicyclic amines) is 1. The molecule has 3 N–H and O–H groups in total. The predicted molar refractivity (Wildman–Crippen MR) is 147 cm³/mol. The number of alkyl carbamates (subject to hydrolysis) is 1. The van der Waals surface area contributed by atoms with Gasteiger partial charge in [0.15, 0.2) is 0 Å². The number of hydrogen-bond acceptors (Lipinski definition) is 6. The van der Waals surface area contributed by atoms with Crippen LogP contribution in [0.15, 0.2) is 12.7 Å². The van der Waals surface area contributed by atoms with Gasteiger partial charge in [-0.05, 0) is 57.3 Å². The third-order valence-corrected chi connectivity index (χ3v) is 7.06. The Kier molecular flexibility index (Phi) is 10.7. The molecule has 0 aromatic rings. The molecule has 1 saturated carbocycles. The van der Waals surface area contributed by atoms with E-state index in [1.807, 2.05) is 20.8 Å². The average molecular weight is 545 g/mol. The maximum Gasteiger partial charge on any atom is 0.408 e. The zero-order valence-corrected chi connectivity index (χ0v) is 24.1. The zero-order chi connectivity index (χ0) is 29.5. The fourth-order valence-electron chi connectivity index (χ4n) is 5.27. The van der Waals surface area contributed by atoms with Crippen molar-refractivity contribution in [1.82, 2.24) is 20.9 Å². The summed E-state index contributed by atoms with van der Waals surface area (Å²) in [7, 11) is 0. The number of fused-ring (bicyclic) bond motifs is 1. The second-order valence-corrected chi connectivity index (χ2v) is 12.4. The Morgan fingerprint density at radius 2 is 1.77 bits per heavy atom. The zero-order valence-electron chi connectivity index (χ0n) is 24.1. The van der Waals surface area contributed by atoms with E-state index >= 15 is 0 Å². The Bertz CT molecular complexity index is 1000. The summed E-state index contributed by atoms with van der Waals surface area (Å²) in [6.45, 7) is 14.7. The number of ether oxygens (including phenoxy) is 1. The van der Waals surface area contributed by atoms with Crippen LogP contribution in [0, 0.1) is 29.6 Å². The minimum atomic E-state index is -1.13. The van der Waals surface area contributed by atoms with Crippen molar-refractivity contribution in [2.45, 2.75) is 97.4 Å². The van der Waals surface area contributed by atoms with Crippen LogP contribution in [0.3, 0.4) is 0 Å². The first kappa shape index (κ1) is 31.9. The van der Waals surface area contributed by atoms with Crippen LogP contribution in [0.2, 0.25) is 0 Å². The predicted octanol–water partition coefficient (Wildman–Crippen LogP) is 2.32. The van der Waals surface area contributed by atoms with E-state index in [-0.39, 0.29) is 31.2 Å². The summed E-state index contributed by atoms with van der Waals surface area (Å²) in [4.78, 5) is 67.0. The molecule has 10 nitrogen and oxygen atoms in total. The molecule has 1 heterocycles. The normalized spacial score (nSPS) is 22.1. The summed E-state index contributed by atoms with van der Waals surface area (Å²) in [5.74, 6) is -0.0672. The highest BCUT2D eigenvalue weighted by Crippen LogP contribution is 2.43. The lowest BCUT2D eigenvalue weighted by molar-refractivity contribution is -0.144. The number of carbonyl (C=O) groups excluding carboxylic acids is 5. The smallest absolute Gasteiger partial charge is 0.408 e. The van der Waals surface area contributed by atoms with Crippen molar-refractivity contribution in [1.29, 1.82) is 0 Å². The Morgan fingerprint density at radius 1 is 1.10 bits per heavy atom. The van der Waals surface area contributed by atoms with Crippen LogP contribution in [0.25, 0.3) is 0 Å². The molecule has 0 bridgehead atoms. The second kappa shape index (κ2) is 13.1.